The summed E-state index contributed by atoms with van der Waals surface area (Å²) >= 11 is 1.68. The summed E-state index contributed by atoms with van der Waals surface area (Å²) < 4.78 is 27.9. The second-order valence-corrected chi connectivity index (χ2v) is 7.59. The highest BCUT2D eigenvalue weighted by Crippen LogP contribution is 2.63. The van der Waals surface area contributed by atoms with E-state index in [0.29, 0.717) is 4.24 Å². The minimum Gasteiger partial charge on any atom is -0.462 e. The van der Waals surface area contributed by atoms with E-state index in [2.05, 4.69) is 0 Å². The van der Waals surface area contributed by atoms with Crippen LogP contribution in [-0.4, -0.2) is 30.2 Å². The fourth-order valence-corrected chi connectivity index (χ4v) is 5.12. The van der Waals surface area contributed by atoms with Crippen molar-refractivity contribution >= 4 is 41.5 Å². The molecule has 0 N–H and O–H groups in total. The summed E-state index contributed by atoms with van der Waals surface area (Å²) in [6.45, 7) is 5.31. The van der Waals surface area contributed by atoms with Crippen molar-refractivity contribution in [2.75, 3.05) is 19.8 Å². The zero-order valence-electron chi connectivity index (χ0n) is 10.8. The summed E-state index contributed by atoms with van der Waals surface area (Å²) in [7, 11) is -3.75. The standard InChI is InChI=1S/C10H15O6PS2/c1-4-14-8(11)7(9-18-10(12)19-9)17(13,15-5-2)16-6-3/h4-6H2,1-3H3. The lowest BCUT2D eigenvalue weighted by molar-refractivity contribution is -0.137. The third-order valence-electron chi connectivity index (χ3n) is 1.89. The number of hydrogen-bond donors (Lipinski definition) is 0. The Bertz CT molecular complexity index is 427. The Hall–Kier alpha value is -0.270. The Labute approximate surface area is 120 Å². The summed E-state index contributed by atoms with van der Waals surface area (Å²) in [5.41, 5.74) is 0. The molecule has 1 aliphatic heterocycles. The summed E-state index contributed by atoms with van der Waals surface area (Å²) in [5, 5.41) is -0.173. The molecule has 108 valence electrons. The average Bonchev–Trinajstić information content (AvgIpc) is 2.28. The molecule has 1 aliphatic rings. The Balaban J connectivity index is 3.14. The molecule has 0 amide bonds. The minimum absolute atomic E-state index is 0.122. The third kappa shape index (κ3) is 4.10. The van der Waals surface area contributed by atoms with Crippen LogP contribution in [0.1, 0.15) is 20.8 Å². The van der Waals surface area contributed by atoms with Crippen LogP contribution in [0.5, 0.6) is 0 Å². The molecule has 0 spiro atoms. The van der Waals surface area contributed by atoms with E-state index in [1.165, 1.54) is 0 Å². The Morgan fingerprint density at radius 2 is 1.63 bits per heavy atom. The van der Waals surface area contributed by atoms with Crippen molar-refractivity contribution in [3.8, 4) is 0 Å². The summed E-state index contributed by atoms with van der Waals surface area (Å²) in [5.74, 6) is -0.768. The Morgan fingerprint density at radius 3 is 2.00 bits per heavy atom. The van der Waals surface area contributed by atoms with Crippen molar-refractivity contribution in [1.82, 2.24) is 0 Å². The quantitative estimate of drug-likeness (QED) is 0.399. The highest BCUT2D eigenvalue weighted by atomic mass is 32.3. The number of esters is 1. The summed E-state index contributed by atoms with van der Waals surface area (Å²) in [6.07, 6.45) is 0. The van der Waals surface area contributed by atoms with Crippen molar-refractivity contribution in [2.24, 2.45) is 0 Å². The first kappa shape index (κ1) is 16.8. The van der Waals surface area contributed by atoms with Crippen molar-refractivity contribution in [2.45, 2.75) is 20.8 Å². The SMILES string of the molecule is CCOC(=O)C(=C1SC(=O)S1)P(=O)(OCC)OCC. The first-order valence-electron chi connectivity index (χ1n) is 5.69. The van der Waals surface area contributed by atoms with E-state index < -0.39 is 13.6 Å². The van der Waals surface area contributed by atoms with Crippen LogP contribution in [0.3, 0.4) is 0 Å². The molecule has 0 unspecified atom stereocenters. The topological polar surface area (TPSA) is 78.9 Å². The maximum Gasteiger partial charge on any atom is 0.370 e. The van der Waals surface area contributed by atoms with Gasteiger partial charge in [0.2, 0.25) is 0 Å². The van der Waals surface area contributed by atoms with Gasteiger partial charge >= 0.3 is 13.6 Å². The molecule has 0 aromatic heterocycles. The first-order valence-corrected chi connectivity index (χ1v) is 8.86. The van der Waals surface area contributed by atoms with Crippen LogP contribution < -0.4 is 0 Å². The van der Waals surface area contributed by atoms with Gasteiger partial charge in [0.15, 0.2) is 5.31 Å². The van der Waals surface area contributed by atoms with Crippen LogP contribution >= 0.6 is 31.1 Å². The van der Waals surface area contributed by atoms with Gasteiger partial charge in [0.1, 0.15) is 0 Å². The van der Waals surface area contributed by atoms with E-state index in [1.54, 1.807) is 20.8 Å². The number of carbonyl (C=O) groups excluding carboxylic acids is 2. The molecule has 9 heteroatoms. The molecule has 19 heavy (non-hydrogen) atoms. The number of carbonyl (C=O) groups is 2. The molecule has 0 radical (unpaired) electrons. The predicted molar refractivity (Wildman–Crippen MR) is 75.1 cm³/mol. The lowest BCUT2D eigenvalue weighted by Gasteiger charge is -2.23. The van der Waals surface area contributed by atoms with Crippen molar-refractivity contribution < 1.29 is 27.9 Å². The molecule has 1 heterocycles. The van der Waals surface area contributed by atoms with Gasteiger partial charge in [-0.25, -0.2) is 4.79 Å². The van der Waals surface area contributed by atoms with Crippen LogP contribution in [-0.2, 0) is 23.1 Å². The number of ether oxygens (including phenoxy) is 1. The molecule has 1 saturated heterocycles. The highest BCUT2D eigenvalue weighted by molar-refractivity contribution is 8.57. The second-order valence-electron chi connectivity index (χ2n) is 3.14. The number of rotatable bonds is 7. The maximum absolute atomic E-state index is 12.6. The Kier molecular flexibility index (Phi) is 6.62. The molecule has 0 aromatic rings. The Morgan fingerprint density at radius 1 is 1.11 bits per heavy atom. The highest BCUT2D eigenvalue weighted by Gasteiger charge is 2.43. The molecule has 0 aromatic carbocycles. The van der Waals surface area contributed by atoms with Gasteiger partial charge < -0.3 is 13.8 Å². The molecule has 0 aliphatic carbocycles. The van der Waals surface area contributed by atoms with Crippen molar-refractivity contribution in [1.29, 1.82) is 0 Å². The molecule has 0 atom stereocenters. The van der Waals surface area contributed by atoms with E-state index in [4.69, 9.17) is 13.8 Å². The molecular formula is C10H15O6PS2. The zero-order chi connectivity index (χ0) is 14.5. The fraction of sp³-hybridized carbons (Fsp3) is 0.600. The number of hydrogen-bond acceptors (Lipinski definition) is 8. The average molecular weight is 326 g/mol. The van der Waals surface area contributed by atoms with Gasteiger partial charge in [0, 0.05) is 0 Å². The van der Waals surface area contributed by atoms with Gasteiger partial charge in [-0.3, -0.25) is 9.36 Å². The summed E-state index contributed by atoms with van der Waals surface area (Å²) in [6, 6.07) is 0. The van der Waals surface area contributed by atoms with E-state index in [9.17, 15) is 14.2 Å². The van der Waals surface area contributed by atoms with Gasteiger partial charge in [-0.15, -0.1) is 0 Å². The van der Waals surface area contributed by atoms with E-state index >= 15 is 0 Å². The molecular weight excluding hydrogens is 311 g/mol. The van der Waals surface area contributed by atoms with Crippen LogP contribution in [0.2, 0.25) is 0 Å². The monoisotopic (exact) mass is 326 g/mol. The fourth-order valence-electron chi connectivity index (χ4n) is 1.27. The van der Waals surface area contributed by atoms with Crippen LogP contribution in [0.25, 0.3) is 0 Å². The van der Waals surface area contributed by atoms with Gasteiger partial charge in [0.25, 0.3) is 4.45 Å². The molecule has 1 fully saturated rings. The maximum atomic E-state index is 12.6. The lowest BCUT2D eigenvalue weighted by Crippen LogP contribution is -2.15. The van der Waals surface area contributed by atoms with Crippen LogP contribution in [0.4, 0.5) is 4.79 Å². The zero-order valence-corrected chi connectivity index (χ0v) is 13.4. The molecule has 0 saturated carbocycles. The molecule has 0 bridgehead atoms. The minimum atomic E-state index is -3.75. The largest absolute Gasteiger partial charge is 0.462 e. The van der Waals surface area contributed by atoms with E-state index in [1.807, 2.05) is 0 Å². The summed E-state index contributed by atoms with van der Waals surface area (Å²) in [4.78, 5) is 22.9. The second kappa shape index (κ2) is 7.50. The van der Waals surface area contributed by atoms with E-state index in [-0.39, 0.29) is 29.6 Å². The number of thioether (sulfide) groups is 2. The van der Waals surface area contributed by atoms with Gasteiger partial charge in [-0.2, -0.15) is 0 Å². The van der Waals surface area contributed by atoms with Crippen molar-refractivity contribution in [3.63, 3.8) is 0 Å². The molecule has 1 rings (SSSR count). The van der Waals surface area contributed by atoms with Crippen LogP contribution in [0.15, 0.2) is 9.55 Å². The normalized spacial score (nSPS) is 15.1. The van der Waals surface area contributed by atoms with Gasteiger partial charge in [0.05, 0.1) is 24.1 Å². The van der Waals surface area contributed by atoms with Gasteiger partial charge in [-0.05, 0) is 44.3 Å². The third-order valence-corrected chi connectivity index (χ3v) is 6.45. The predicted octanol–water partition coefficient (Wildman–Crippen LogP) is 3.58. The van der Waals surface area contributed by atoms with Gasteiger partial charge in [-0.1, -0.05) is 0 Å². The smallest absolute Gasteiger partial charge is 0.370 e. The van der Waals surface area contributed by atoms with Crippen LogP contribution in [0, 0.1) is 0 Å². The first-order chi connectivity index (χ1) is 8.98. The van der Waals surface area contributed by atoms with Crippen molar-refractivity contribution in [3.05, 3.63) is 9.55 Å². The van der Waals surface area contributed by atoms with E-state index in [0.717, 1.165) is 23.5 Å². The lowest BCUT2D eigenvalue weighted by atomic mass is 10.6. The molecule has 6 nitrogen and oxygen atoms in total.